The predicted molar refractivity (Wildman–Crippen MR) is 201 cm³/mol. The van der Waals surface area contributed by atoms with E-state index >= 15 is 0 Å². The van der Waals surface area contributed by atoms with Gasteiger partial charge in [-0.25, -0.2) is 28.6 Å². The minimum atomic E-state index is -5.60. The van der Waals surface area contributed by atoms with E-state index in [1.165, 1.54) is 13.8 Å². The number of hydrogen-bond donors (Lipinski definition) is 10. The molecule has 31 heteroatoms. The summed E-state index contributed by atoms with van der Waals surface area (Å²) >= 11 is 0.782. The number of nitrogen functional groups attached to an aromatic ring is 1. The lowest BCUT2D eigenvalue weighted by Gasteiger charge is -2.30. The summed E-state index contributed by atoms with van der Waals surface area (Å²) in [7, 11) is -16.5. The van der Waals surface area contributed by atoms with Crippen LogP contribution in [0.15, 0.2) is 12.7 Å². The monoisotopic (exact) mass is 935 g/mol. The van der Waals surface area contributed by atoms with Crippen LogP contribution < -0.4 is 16.4 Å². The van der Waals surface area contributed by atoms with Crippen LogP contribution in [0, 0.1) is 5.41 Å². The van der Waals surface area contributed by atoms with Crippen molar-refractivity contribution in [1.29, 1.82) is 0 Å². The molecule has 0 spiro atoms. The van der Waals surface area contributed by atoms with Crippen molar-refractivity contribution in [2.24, 2.45) is 5.41 Å². The van der Waals surface area contributed by atoms with Crippen molar-refractivity contribution in [2.75, 3.05) is 37.8 Å². The summed E-state index contributed by atoms with van der Waals surface area (Å²) in [6.07, 6.45) is -8.48. The van der Waals surface area contributed by atoms with Crippen molar-refractivity contribution >= 4 is 80.7 Å². The molecule has 11 N–H and O–H groups in total. The summed E-state index contributed by atoms with van der Waals surface area (Å²) in [5.74, 6) is -2.45. The fourth-order valence-electron chi connectivity index (χ4n) is 5.88. The average Bonchev–Trinajstić information content (AvgIpc) is 3.67. The number of phosphoric ester groups is 3. The van der Waals surface area contributed by atoms with Crippen molar-refractivity contribution in [3.63, 3.8) is 0 Å². The third kappa shape index (κ3) is 14.2. The van der Waals surface area contributed by atoms with Crippen molar-refractivity contribution in [1.82, 2.24) is 30.2 Å². The maximum absolute atomic E-state index is 12.7. The molecule has 2 amide bonds. The van der Waals surface area contributed by atoms with E-state index in [0.717, 1.165) is 29.0 Å². The number of imidazole rings is 1. The highest BCUT2D eigenvalue weighted by Crippen LogP contribution is 2.61. The van der Waals surface area contributed by atoms with E-state index in [1.54, 1.807) is 0 Å². The highest BCUT2D eigenvalue weighted by molar-refractivity contribution is 8.13. The first kappa shape index (κ1) is 49.5. The number of amides is 2. The Morgan fingerprint density at radius 1 is 1.05 bits per heavy atom. The second kappa shape index (κ2) is 19.9. The number of aliphatic hydroxyl groups excluding tert-OH is 2. The molecule has 2 fully saturated rings. The molecule has 0 aromatic carbocycles. The first-order chi connectivity index (χ1) is 27.7. The number of carbonyl (C=O) groups excluding carboxylic acids is 5. The maximum Gasteiger partial charge on any atom is 0.481 e. The van der Waals surface area contributed by atoms with Gasteiger partial charge < -0.3 is 56.0 Å². The molecule has 27 nitrogen and oxygen atoms in total. The van der Waals surface area contributed by atoms with E-state index in [9.17, 15) is 72.6 Å². The summed E-state index contributed by atoms with van der Waals surface area (Å²) in [6, 6.07) is 0. The third-order valence-corrected chi connectivity index (χ3v) is 12.7. The minimum absolute atomic E-state index is 0.0144. The summed E-state index contributed by atoms with van der Waals surface area (Å²) in [5, 5.41) is 36.2. The Kier molecular flexibility index (Phi) is 16.4. The number of ketones is 2. The van der Waals surface area contributed by atoms with Crippen LogP contribution in [0.1, 0.15) is 52.2 Å². The zero-order valence-corrected chi connectivity index (χ0v) is 35.2. The lowest BCUT2D eigenvalue weighted by Crippen LogP contribution is -2.46. The van der Waals surface area contributed by atoms with E-state index in [4.69, 9.17) is 19.5 Å². The van der Waals surface area contributed by atoms with E-state index in [2.05, 4.69) is 34.4 Å². The Morgan fingerprint density at radius 3 is 2.35 bits per heavy atom. The highest BCUT2D eigenvalue weighted by atomic mass is 32.2. The highest BCUT2D eigenvalue weighted by Gasteiger charge is 2.50. The van der Waals surface area contributed by atoms with Gasteiger partial charge in [0.15, 0.2) is 22.8 Å². The van der Waals surface area contributed by atoms with Crippen LogP contribution in [0.3, 0.4) is 0 Å². The number of aliphatic hydroxyl groups is 3. The summed E-state index contributed by atoms with van der Waals surface area (Å²) in [5.41, 5.74) is 2.44. The number of fused-ring (bicyclic) bond motifs is 1. The van der Waals surface area contributed by atoms with Gasteiger partial charge in [-0.05, 0) is 0 Å². The van der Waals surface area contributed by atoms with Gasteiger partial charge in [-0.2, -0.15) is 4.31 Å². The van der Waals surface area contributed by atoms with Crippen LogP contribution in [0.4, 0.5) is 5.82 Å². The Hall–Kier alpha value is -3.14. The van der Waals surface area contributed by atoms with Gasteiger partial charge in [-0.15, -0.1) is 0 Å². The number of carbonyl (C=O) groups is 5. The van der Waals surface area contributed by atoms with Crippen molar-refractivity contribution in [3.8, 4) is 0 Å². The maximum atomic E-state index is 12.7. The molecule has 1 aliphatic heterocycles. The fraction of sp³-hybridized carbons (Fsp3) is 0.655. The summed E-state index contributed by atoms with van der Waals surface area (Å²) < 4.78 is 62.1. The number of nitrogens with two attached hydrogens (primary N) is 1. The molecule has 2 aliphatic rings. The molecule has 4 rings (SSSR count). The van der Waals surface area contributed by atoms with Crippen LogP contribution in [0.2, 0.25) is 0 Å². The second-order valence-corrected chi connectivity index (χ2v) is 19.7. The molecule has 60 heavy (non-hydrogen) atoms. The normalized spacial score (nSPS) is 23.5. The van der Waals surface area contributed by atoms with Crippen LogP contribution in [-0.2, 0) is 60.3 Å². The van der Waals surface area contributed by atoms with E-state index in [-0.39, 0.29) is 61.5 Å². The smallest absolute Gasteiger partial charge is 0.388 e. The van der Waals surface area contributed by atoms with Crippen molar-refractivity contribution < 1.29 is 95.2 Å². The van der Waals surface area contributed by atoms with E-state index in [0.29, 0.717) is 0 Å². The Morgan fingerprint density at radius 2 is 1.70 bits per heavy atom. The number of anilines is 1. The Balaban J connectivity index is 1.20. The average molecular weight is 936 g/mol. The molecule has 1 aliphatic carbocycles. The Labute approximate surface area is 343 Å². The lowest BCUT2D eigenvalue weighted by molar-refractivity contribution is -0.140. The number of nitrogens with one attached hydrogen (secondary N) is 2. The molecule has 336 valence electrons. The number of hydrogen-bond acceptors (Lipinski definition) is 21. The van der Waals surface area contributed by atoms with Gasteiger partial charge in [0.05, 0.1) is 31.6 Å². The van der Waals surface area contributed by atoms with Crippen molar-refractivity contribution in [3.05, 3.63) is 12.7 Å². The summed E-state index contributed by atoms with van der Waals surface area (Å²) in [6.45, 7) is 0.0743. The van der Waals surface area contributed by atoms with Crippen molar-refractivity contribution in [2.45, 2.75) is 82.2 Å². The van der Waals surface area contributed by atoms with Gasteiger partial charge in [0, 0.05) is 49.9 Å². The molecule has 2 aromatic heterocycles. The molecule has 7 atom stereocenters. The van der Waals surface area contributed by atoms with Gasteiger partial charge in [0.2, 0.25) is 11.8 Å². The molecule has 0 bridgehead atoms. The SMILES string of the molecule is CC(C)(COP(=O)(O)OP(=O)(O)OC[C@H]1O[C@@H](n2cnc3c(N)ncnc32)[C@H](O)[C@@H]1OP(=O)(O)O)[C@@H](O)C(=O)NCCC(=O)NCCSC(=O)CC1(O)CC(=O)CC(=O)C1. The molecular formula is C29H44N7O20P3S. The number of phosphoric acid groups is 3. The van der Waals surface area contributed by atoms with Crippen LogP contribution in [-0.4, -0.2) is 145 Å². The van der Waals surface area contributed by atoms with Crippen LogP contribution in [0.25, 0.3) is 11.2 Å². The molecule has 1 saturated heterocycles. The third-order valence-electron chi connectivity index (χ3n) is 8.69. The lowest BCUT2D eigenvalue weighted by atomic mass is 9.81. The first-order valence-corrected chi connectivity index (χ1v) is 23.0. The zero-order valence-electron chi connectivity index (χ0n) is 31.7. The number of ether oxygens (including phenoxy) is 1. The van der Waals surface area contributed by atoms with Gasteiger partial charge in [-0.1, -0.05) is 25.6 Å². The van der Waals surface area contributed by atoms with E-state index in [1.807, 2.05) is 0 Å². The second-order valence-electron chi connectivity index (χ2n) is 14.3. The number of aromatic nitrogens is 4. The van der Waals surface area contributed by atoms with Crippen LogP contribution in [0.5, 0.6) is 0 Å². The largest absolute Gasteiger partial charge is 0.481 e. The first-order valence-electron chi connectivity index (χ1n) is 17.5. The van der Waals surface area contributed by atoms with Gasteiger partial charge in [0.1, 0.15) is 47.8 Å². The van der Waals surface area contributed by atoms with Gasteiger partial charge in [-0.3, -0.25) is 42.1 Å². The quantitative estimate of drug-likeness (QED) is 0.0371. The predicted octanol–water partition coefficient (Wildman–Crippen LogP) is -1.89. The Bertz CT molecular complexity index is 2070. The summed E-state index contributed by atoms with van der Waals surface area (Å²) in [4.78, 5) is 111. The number of rotatable bonds is 21. The molecule has 3 heterocycles. The molecule has 2 unspecified atom stereocenters. The number of thioether (sulfide) groups is 1. The number of Topliss-reactive ketones (excluding diaryl/α,β-unsaturated/α-hetero) is 2. The van der Waals surface area contributed by atoms with Crippen LogP contribution >= 0.6 is 35.2 Å². The zero-order chi connectivity index (χ0) is 44.8. The topological polar surface area (TPSA) is 418 Å². The van der Waals surface area contributed by atoms with E-state index < -0.39 is 113 Å². The minimum Gasteiger partial charge on any atom is -0.388 e. The molecule has 2 aromatic rings. The molecular weight excluding hydrogens is 891 g/mol. The van der Waals surface area contributed by atoms with Gasteiger partial charge >= 0.3 is 23.5 Å². The number of nitrogens with zero attached hydrogens (tertiary/aromatic N) is 4. The van der Waals surface area contributed by atoms with Gasteiger partial charge in [0.25, 0.3) is 0 Å². The standard InChI is InChI=1S/C29H44N7O20P3S/c1-28(2,23(42)26(43)32-4-3-18(39)31-5-6-60-19(40)10-29(44)8-15(37)7-16(38)9-29)12-53-59(50,51)56-58(48,49)52-11-17-22(55-57(45,46)47)21(41)27(54-17)36-14-35-20-24(30)33-13-34-25(20)36/h13-14,17,21-23,27,41-42,44H,3-12H2,1-2H3,(H,31,39)(H,32,43)(H,48,49)(H,50,51)(H2,30,33,34)(H2,45,46,47)/t17-,21-,22-,23+,27-/m1/s1. The fourth-order valence-corrected chi connectivity index (χ4v) is 9.51. The molecule has 1 saturated carbocycles. The molecule has 0 radical (unpaired) electrons.